The maximum atomic E-state index is 4.87. The van der Waals surface area contributed by atoms with E-state index < -0.39 is 0 Å². The fourth-order valence-electron chi connectivity index (χ4n) is 0.233. The zero-order valence-electron chi connectivity index (χ0n) is 4.31. The Morgan fingerprint density at radius 2 is 2.43 bits per heavy atom. The van der Waals surface area contributed by atoms with E-state index in [1.165, 1.54) is 0 Å². The molecule has 0 atom stereocenters. The lowest BCUT2D eigenvalue weighted by Gasteiger charge is -1.89. The standard InChI is InChI=1S/C5H9NO/c1-2-4-7-5-3-6/h1H,3-6H2/p+1. The van der Waals surface area contributed by atoms with Gasteiger partial charge in [0.25, 0.3) is 0 Å². The Kier molecular flexibility index (Phi) is 5.07. The van der Waals surface area contributed by atoms with Crippen LogP contribution in [-0.2, 0) is 4.74 Å². The van der Waals surface area contributed by atoms with Gasteiger partial charge in [0.05, 0.1) is 13.2 Å². The van der Waals surface area contributed by atoms with E-state index in [9.17, 15) is 0 Å². The van der Waals surface area contributed by atoms with Crippen molar-refractivity contribution in [2.24, 2.45) is 0 Å². The molecule has 0 aliphatic heterocycles. The largest absolute Gasteiger partial charge is 0.363 e. The summed E-state index contributed by atoms with van der Waals surface area (Å²) in [7, 11) is 0. The second-order valence-electron chi connectivity index (χ2n) is 1.11. The molecule has 0 aromatic carbocycles. The molecular formula is C5H10NO+. The van der Waals surface area contributed by atoms with Crippen LogP contribution in [0.2, 0.25) is 0 Å². The Morgan fingerprint density at radius 3 is 2.86 bits per heavy atom. The van der Waals surface area contributed by atoms with Gasteiger partial charge in [0.15, 0.2) is 0 Å². The number of hydrogen-bond acceptors (Lipinski definition) is 1. The van der Waals surface area contributed by atoms with Gasteiger partial charge >= 0.3 is 0 Å². The van der Waals surface area contributed by atoms with Crippen molar-refractivity contribution in [1.29, 1.82) is 0 Å². The average Bonchev–Trinajstić information content (AvgIpc) is 1.69. The van der Waals surface area contributed by atoms with Crippen LogP contribution in [0.4, 0.5) is 0 Å². The summed E-state index contributed by atoms with van der Waals surface area (Å²) < 4.78 is 4.83. The van der Waals surface area contributed by atoms with Crippen LogP contribution in [0.3, 0.4) is 0 Å². The first kappa shape index (κ1) is 6.48. The molecule has 0 unspecified atom stereocenters. The van der Waals surface area contributed by atoms with E-state index >= 15 is 0 Å². The van der Waals surface area contributed by atoms with E-state index in [-0.39, 0.29) is 0 Å². The molecule has 0 fully saturated rings. The van der Waals surface area contributed by atoms with Crippen LogP contribution in [0.1, 0.15) is 0 Å². The first-order valence-corrected chi connectivity index (χ1v) is 2.22. The zero-order chi connectivity index (χ0) is 5.54. The van der Waals surface area contributed by atoms with Gasteiger partial charge in [-0.05, 0) is 0 Å². The highest BCUT2D eigenvalue weighted by Gasteiger charge is 1.77. The molecule has 3 N–H and O–H groups in total. The van der Waals surface area contributed by atoms with Crippen LogP contribution in [0.25, 0.3) is 0 Å². The minimum atomic E-state index is 0.412. The molecule has 7 heavy (non-hydrogen) atoms. The van der Waals surface area contributed by atoms with Gasteiger partial charge in [-0.15, -0.1) is 6.42 Å². The Bertz CT molecular complexity index is 65.0. The molecule has 0 aliphatic rings. The fraction of sp³-hybridized carbons (Fsp3) is 0.600. The predicted molar refractivity (Wildman–Crippen MR) is 27.4 cm³/mol. The molecule has 0 aromatic heterocycles. The third-order valence-electron chi connectivity index (χ3n) is 0.474. The maximum Gasteiger partial charge on any atom is 0.107 e. The minimum Gasteiger partial charge on any atom is -0.363 e. The van der Waals surface area contributed by atoms with Crippen molar-refractivity contribution in [2.75, 3.05) is 19.8 Å². The van der Waals surface area contributed by atoms with E-state index in [4.69, 9.17) is 11.2 Å². The van der Waals surface area contributed by atoms with Crippen molar-refractivity contribution in [1.82, 2.24) is 0 Å². The first-order chi connectivity index (χ1) is 3.41. The lowest BCUT2D eigenvalue weighted by molar-refractivity contribution is -0.373. The van der Waals surface area contributed by atoms with Crippen LogP contribution >= 0.6 is 0 Å². The summed E-state index contributed by atoms with van der Waals surface area (Å²) in [6.07, 6.45) is 4.87. The molecule has 0 radical (unpaired) electrons. The van der Waals surface area contributed by atoms with E-state index in [1.807, 2.05) is 0 Å². The second-order valence-corrected chi connectivity index (χ2v) is 1.11. The molecule has 0 amide bonds. The summed E-state index contributed by atoms with van der Waals surface area (Å²) in [5.41, 5.74) is 3.56. The highest BCUT2D eigenvalue weighted by molar-refractivity contribution is 4.82. The van der Waals surface area contributed by atoms with Crippen molar-refractivity contribution in [3.63, 3.8) is 0 Å². The van der Waals surface area contributed by atoms with Gasteiger partial charge < -0.3 is 10.5 Å². The Hall–Kier alpha value is -0.520. The van der Waals surface area contributed by atoms with Gasteiger partial charge in [0.2, 0.25) is 0 Å². The van der Waals surface area contributed by atoms with Gasteiger partial charge in [-0.1, -0.05) is 5.92 Å². The van der Waals surface area contributed by atoms with Crippen molar-refractivity contribution < 1.29 is 10.5 Å². The summed E-state index contributed by atoms with van der Waals surface area (Å²) >= 11 is 0. The Labute approximate surface area is 43.7 Å². The van der Waals surface area contributed by atoms with E-state index in [2.05, 4.69) is 11.7 Å². The molecule has 2 heteroatoms. The predicted octanol–water partition coefficient (Wildman–Crippen LogP) is -1.12. The summed E-state index contributed by atoms with van der Waals surface area (Å²) in [5.74, 6) is 2.35. The molecule has 40 valence electrons. The highest BCUT2D eigenvalue weighted by Crippen LogP contribution is 1.64. The number of rotatable bonds is 3. The smallest absolute Gasteiger partial charge is 0.107 e. The monoisotopic (exact) mass is 100 g/mol. The molecule has 2 nitrogen and oxygen atoms in total. The molecule has 0 spiro atoms. The SMILES string of the molecule is C#CCOCC[NH3+]. The van der Waals surface area contributed by atoms with E-state index in [0.717, 1.165) is 6.54 Å². The molecule has 0 rings (SSSR count). The molecule has 0 aliphatic carbocycles. The van der Waals surface area contributed by atoms with E-state index in [0.29, 0.717) is 13.2 Å². The van der Waals surface area contributed by atoms with Gasteiger partial charge in [-0.2, -0.15) is 0 Å². The van der Waals surface area contributed by atoms with Crippen LogP contribution in [-0.4, -0.2) is 19.8 Å². The summed E-state index contributed by atoms with van der Waals surface area (Å²) in [5, 5.41) is 0. The number of ether oxygens (including phenoxy) is 1. The van der Waals surface area contributed by atoms with Gasteiger partial charge in [-0.3, -0.25) is 0 Å². The van der Waals surface area contributed by atoms with Crippen molar-refractivity contribution in [2.45, 2.75) is 0 Å². The Morgan fingerprint density at radius 1 is 1.71 bits per heavy atom. The average molecular weight is 100 g/mol. The summed E-state index contributed by atoms with van der Waals surface area (Å²) in [6.45, 7) is 1.88. The van der Waals surface area contributed by atoms with Crippen molar-refractivity contribution >= 4 is 0 Å². The molecule has 0 saturated heterocycles. The highest BCUT2D eigenvalue weighted by atomic mass is 16.5. The van der Waals surface area contributed by atoms with Crippen molar-refractivity contribution in [3.8, 4) is 12.3 Å². The lowest BCUT2D eigenvalue weighted by Crippen LogP contribution is -2.52. The molecule has 0 aromatic rings. The van der Waals surface area contributed by atoms with Gasteiger partial charge in [0, 0.05) is 0 Å². The van der Waals surface area contributed by atoms with Crippen LogP contribution < -0.4 is 5.73 Å². The number of terminal acetylenes is 1. The zero-order valence-corrected chi connectivity index (χ0v) is 4.31. The fourth-order valence-corrected chi connectivity index (χ4v) is 0.233. The quantitative estimate of drug-likeness (QED) is 0.354. The lowest BCUT2D eigenvalue weighted by atomic mass is 10.7. The molecular weight excluding hydrogens is 90.1 g/mol. The van der Waals surface area contributed by atoms with Crippen molar-refractivity contribution in [3.05, 3.63) is 0 Å². The topological polar surface area (TPSA) is 36.9 Å². The third-order valence-corrected chi connectivity index (χ3v) is 0.474. The number of hydrogen-bond donors (Lipinski definition) is 1. The van der Waals surface area contributed by atoms with Crippen LogP contribution in [0.5, 0.6) is 0 Å². The van der Waals surface area contributed by atoms with Gasteiger partial charge in [0.1, 0.15) is 6.61 Å². The first-order valence-electron chi connectivity index (χ1n) is 2.22. The minimum absolute atomic E-state index is 0.412. The third kappa shape index (κ3) is 5.48. The normalized spacial score (nSPS) is 8.00. The summed E-state index contributed by atoms with van der Waals surface area (Å²) in [4.78, 5) is 0. The molecule has 0 saturated carbocycles. The van der Waals surface area contributed by atoms with Gasteiger partial charge in [-0.25, -0.2) is 0 Å². The Balaban J connectivity index is 2.60. The molecule has 0 heterocycles. The second kappa shape index (κ2) is 5.48. The number of quaternary nitrogens is 1. The molecule has 0 bridgehead atoms. The van der Waals surface area contributed by atoms with Crippen LogP contribution in [0, 0.1) is 12.3 Å². The van der Waals surface area contributed by atoms with Crippen LogP contribution in [0.15, 0.2) is 0 Å². The summed E-state index contributed by atoms with van der Waals surface area (Å²) in [6, 6.07) is 0. The maximum absolute atomic E-state index is 4.87. The van der Waals surface area contributed by atoms with E-state index in [1.54, 1.807) is 0 Å².